The van der Waals surface area contributed by atoms with Crippen molar-refractivity contribution < 1.29 is 9.59 Å². The molecule has 0 saturated heterocycles. The summed E-state index contributed by atoms with van der Waals surface area (Å²) in [6.07, 6.45) is 0. The van der Waals surface area contributed by atoms with Crippen LogP contribution in [0.3, 0.4) is 0 Å². The number of anilines is 2. The maximum Gasteiger partial charge on any atom is 0.251 e. The van der Waals surface area contributed by atoms with Gasteiger partial charge in [-0.25, -0.2) is 0 Å². The fourth-order valence-corrected chi connectivity index (χ4v) is 3.01. The maximum absolute atomic E-state index is 12.4. The average molecular weight is 387 g/mol. The fourth-order valence-electron chi connectivity index (χ4n) is 3.01. The van der Waals surface area contributed by atoms with Crippen molar-refractivity contribution in [2.75, 3.05) is 17.2 Å². The molecule has 0 aliphatic carbocycles. The summed E-state index contributed by atoms with van der Waals surface area (Å²) in [5.74, 6) is -0.356. The molecule has 0 saturated carbocycles. The molecular formula is C24H25N3O2. The Bertz CT molecular complexity index is 1000. The highest BCUT2D eigenvalue weighted by molar-refractivity contribution is 5.98. The van der Waals surface area contributed by atoms with E-state index in [1.807, 2.05) is 56.3 Å². The summed E-state index contributed by atoms with van der Waals surface area (Å²) in [5.41, 5.74) is 5.32. The second-order valence-corrected chi connectivity index (χ2v) is 6.97. The molecule has 2 amide bonds. The molecule has 0 aromatic heterocycles. The number of benzene rings is 3. The number of amides is 2. The molecule has 3 rings (SSSR count). The molecule has 0 unspecified atom stereocenters. The van der Waals surface area contributed by atoms with Crippen LogP contribution in [0.25, 0.3) is 0 Å². The Hall–Kier alpha value is -3.60. The number of aryl methyl sites for hydroxylation is 2. The van der Waals surface area contributed by atoms with Crippen molar-refractivity contribution in [3.63, 3.8) is 0 Å². The second kappa shape index (κ2) is 9.55. The standard InChI is InChI=1S/C24H25N3O2/c1-17-11-12-22(18(2)13-17)25-16-23(28)27-21-10-6-9-20(14-21)24(29)26-15-19-7-4-3-5-8-19/h3-14,25H,15-16H2,1-2H3,(H,26,29)(H,27,28). The molecule has 0 radical (unpaired) electrons. The van der Waals surface area contributed by atoms with Gasteiger partial charge in [0, 0.05) is 23.5 Å². The summed E-state index contributed by atoms with van der Waals surface area (Å²) in [6, 6.07) is 22.7. The van der Waals surface area contributed by atoms with Crippen LogP contribution in [0.1, 0.15) is 27.0 Å². The van der Waals surface area contributed by atoms with E-state index in [9.17, 15) is 9.59 Å². The minimum absolute atomic E-state index is 0.147. The number of carbonyl (C=O) groups excluding carboxylic acids is 2. The summed E-state index contributed by atoms with van der Waals surface area (Å²) in [5, 5.41) is 8.86. The van der Waals surface area contributed by atoms with Crippen LogP contribution < -0.4 is 16.0 Å². The molecular weight excluding hydrogens is 362 g/mol. The average Bonchev–Trinajstić information content (AvgIpc) is 2.72. The maximum atomic E-state index is 12.4. The van der Waals surface area contributed by atoms with Gasteiger partial charge in [0.1, 0.15) is 0 Å². The third-order valence-corrected chi connectivity index (χ3v) is 4.53. The number of hydrogen-bond donors (Lipinski definition) is 3. The van der Waals surface area contributed by atoms with Gasteiger partial charge in [-0.1, -0.05) is 54.1 Å². The molecule has 5 nitrogen and oxygen atoms in total. The Kier molecular flexibility index (Phi) is 6.63. The van der Waals surface area contributed by atoms with Crippen molar-refractivity contribution in [3.05, 3.63) is 95.1 Å². The highest BCUT2D eigenvalue weighted by atomic mass is 16.2. The Morgan fingerprint density at radius 3 is 2.41 bits per heavy atom. The van der Waals surface area contributed by atoms with E-state index in [0.29, 0.717) is 17.8 Å². The van der Waals surface area contributed by atoms with Gasteiger partial charge in [0.25, 0.3) is 5.91 Å². The minimum atomic E-state index is -0.182. The SMILES string of the molecule is Cc1ccc(NCC(=O)Nc2cccc(C(=O)NCc3ccccc3)c2)c(C)c1. The topological polar surface area (TPSA) is 70.2 Å². The predicted octanol–water partition coefficient (Wildman–Crippen LogP) is 4.28. The lowest BCUT2D eigenvalue weighted by Crippen LogP contribution is -2.24. The zero-order valence-electron chi connectivity index (χ0n) is 16.7. The molecule has 0 aliphatic rings. The summed E-state index contributed by atoms with van der Waals surface area (Å²) in [4.78, 5) is 24.7. The number of carbonyl (C=O) groups is 2. The van der Waals surface area contributed by atoms with E-state index in [2.05, 4.69) is 22.0 Å². The quantitative estimate of drug-likeness (QED) is 0.567. The zero-order valence-corrected chi connectivity index (χ0v) is 16.7. The lowest BCUT2D eigenvalue weighted by Gasteiger charge is -2.11. The molecule has 0 bridgehead atoms. The van der Waals surface area contributed by atoms with E-state index < -0.39 is 0 Å². The Balaban J connectivity index is 1.54. The van der Waals surface area contributed by atoms with Gasteiger partial charge >= 0.3 is 0 Å². The van der Waals surface area contributed by atoms with E-state index in [0.717, 1.165) is 16.8 Å². The van der Waals surface area contributed by atoms with Crippen LogP contribution in [0.2, 0.25) is 0 Å². The molecule has 0 aliphatic heterocycles. The van der Waals surface area contributed by atoms with Crippen molar-refractivity contribution in [2.24, 2.45) is 0 Å². The van der Waals surface area contributed by atoms with Crippen molar-refractivity contribution >= 4 is 23.2 Å². The molecule has 3 aromatic carbocycles. The van der Waals surface area contributed by atoms with Gasteiger partial charge in [-0.05, 0) is 49.2 Å². The van der Waals surface area contributed by atoms with Crippen LogP contribution in [-0.2, 0) is 11.3 Å². The predicted molar refractivity (Wildman–Crippen MR) is 117 cm³/mol. The van der Waals surface area contributed by atoms with E-state index >= 15 is 0 Å². The van der Waals surface area contributed by atoms with Gasteiger partial charge in [-0.15, -0.1) is 0 Å². The van der Waals surface area contributed by atoms with E-state index in [4.69, 9.17) is 0 Å². The third kappa shape index (κ3) is 5.94. The number of nitrogens with one attached hydrogen (secondary N) is 3. The first-order valence-corrected chi connectivity index (χ1v) is 9.54. The van der Waals surface area contributed by atoms with Crippen LogP contribution in [-0.4, -0.2) is 18.4 Å². The van der Waals surface area contributed by atoms with Gasteiger partial charge in [0.05, 0.1) is 6.54 Å². The van der Waals surface area contributed by atoms with E-state index in [-0.39, 0.29) is 18.4 Å². The Labute approximate surface area is 171 Å². The molecule has 5 heteroatoms. The minimum Gasteiger partial charge on any atom is -0.376 e. The molecule has 0 fully saturated rings. The van der Waals surface area contributed by atoms with Crippen LogP contribution in [0.4, 0.5) is 11.4 Å². The molecule has 3 N–H and O–H groups in total. The van der Waals surface area contributed by atoms with Gasteiger partial charge in [-0.2, -0.15) is 0 Å². The molecule has 148 valence electrons. The largest absolute Gasteiger partial charge is 0.376 e. The van der Waals surface area contributed by atoms with Crippen LogP contribution in [0.15, 0.2) is 72.8 Å². The van der Waals surface area contributed by atoms with Crippen LogP contribution in [0.5, 0.6) is 0 Å². The van der Waals surface area contributed by atoms with Crippen molar-refractivity contribution in [2.45, 2.75) is 20.4 Å². The van der Waals surface area contributed by atoms with Gasteiger partial charge < -0.3 is 16.0 Å². The highest BCUT2D eigenvalue weighted by Crippen LogP contribution is 2.16. The number of rotatable bonds is 7. The lowest BCUT2D eigenvalue weighted by atomic mass is 10.1. The second-order valence-electron chi connectivity index (χ2n) is 6.97. The van der Waals surface area contributed by atoms with Crippen molar-refractivity contribution in [1.82, 2.24) is 5.32 Å². The summed E-state index contributed by atoms with van der Waals surface area (Å²) < 4.78 is 0. The zero-order chi connectivity index (χ0) is 20.6. The summed E-state index contributed by atoms with van der Waals surface area (Å²) in [6.45, 7) is 4.64. The van der Waals surface area contributed by atoms with Gasteiger partial charge in [-0.3, -0.25) is 9.59 Å². The van der Waals surface area contributed by atoms with E-state index in [1.54, 1.807) is 24.3 Å². The van der Waals surface area contributed by atoms with Gasteiger partial charge in [0.15, 0.2) is 0 Å². The molecule has 29 heavy (non-hydrogen) atoms. The summed E-state index contributed by atoms with van der Waals surface area (Å²) >= 11 is 0. The molecule has 0 heterocycles. The molecule has 0 atom stereocenters. The van der Waals surface area contributed by atoms with Gasteiger partial charge in [0.2, 0.25) is 5.91 Å². The molecule has 0 spiro atoms. The van der Waals surface area contributed by atoms with Crippen molar-refractivity contribution in [1.29, 1.82) is 0 Å². The highest BCUT2D eigenvalue weighted by Gasteiger charge is 2.08. The lowest BCUT2D eigenvalue weighted by molar-refractivity contribution is -0.114. The van der Waals surface area contributed by atoms with Crippen LogP contribution >= 0.6 is 0 Å². The normalized spacial score (nSPS) is 10.3. The van der Waals surface area contributed by atoms with Crippen LogP contribution in [0, 0.1) is 13.8 Å². The first-order valence-electron chi connectivity index (χ1n) is 9.54. The molecule has 3 aromatic rings. The van der Waals surface area contributed by atoms with E-state index in [1.165, 1.54) is 5.56 Å². The van der Waals surface area contributed by atoms with Crippen molar-refractivity contribution in [3.8, 4) is 0 Å². The first-order chi connectivity index (χ1) is 14.0. The number of hydrogen-bond acceptors (Lipinski definition) is 3. The monoisotopic (exact) mass is 387 g/mol. The first kappa shape index (κ1) is 20.1. The summed E-state index contributed by atoms with van der Waals surface area (Å²) in [7, 11) is 0. The Morgan fingerprint density at radius 1 is 0.862 bits per heavy atom. The third-order valence-electron chi connectivity index (χ3n) is 4.53. The fraction of sp³-hybridized carbons (Fsp3) is 0.167. The Morgan fingerprint density at radius 2 is 1.66 bits per heavy atom. The smallest absolute Gasteiger partial charge is 0.251 e.